The highest BCUT2D eigenvalue weighted by Gasteiger charge is 2.43. The molecule has 0 aromatic carbocycles. The smallest absolute Gasteiger partial charge is 0.378 e. The lowest BCUT2D eigenvalue weighted by Crippen LogP contribution is -2.31. The Balaban J connectivity index is 0.00000118. The average Bonchev–Trinajstić information content (AvgIpc) is 3.24. The maximum atomic E-state index is 13.7. The molecule has 0 spiro atoms. The molecular formula is C28H41F3N6O. The van der Waals surface area contributed by atoms with E-state index in [0.717, 1.165) is 31.5 Å². The number of rotatable bonds is 11. The van der Waals surface area contributed by atoms with Gasteiger partial charge >= 0.3 is 6.18 Å². The van der Waals surface area contributed by atoms with E-state index in [1.807, 2.05) is 38.1 Å². The third kappa shape index (κ3) is 8.67. The molecule has 2 aromatic rings. The number of aliphatic hydroxyl groups is 1. The first-order chi connectivity index (χ1) is 18.2. The van der Waals surface area contributed by atoms with E-state index in [1.165, 1.54) is 10.1 Å². The first-order valence-electron chi connectivity index (χ1n) is 13.1. The second-order valence-corrected chi connectivity index (χ2v) is 9.18. The molecule has 0 aliphatic heterocycles. The summed E-state index contributed by atoms with van der Waals surface area (Å²) in [6.07, 6.45) is 6.61. The van der Waals surface area contributed by atoms with Crippen LogP contribution in [0.3, 0.4) is 0 Å². The number of hydrogen-bond donors (Lipinski definition) is 3. The summed E-state index contributed by atoms with van der Waals surface area (Å²) >= 11 is 0. The lowest BCUT2D eigenvalue weighted by Gasteiger charge is -2.32. The quantitative estimate of drug-likeness (QED) is 0.373. The van der Waals surface area contributed by atoms with Gasteiger partial charge in [-0.1, -0.05) is 31.9 Å². The van der Waals surface area contributed by atoms with E-state index in [0.29, 0.717) is 25.2 Å². The molecule has 1 aliphatic rings. The molecule has 210 valence electrons. The minimum atomic E-state index is -4.81. The van der Waals surface area contributed by atoms with Gasteiger partial charge in [-0.3, -0.25) is 15.2 Å². The van der Waals surface area contributed by atoms with Gasteiger partial charge in [0.25, 0.3) is 0 Å². The normalized spacial score (nSPS) is 16.2. The summed E-state index contributed by atoms with van der Waals surface area (Å²) in [5.41, 5.74) is 2.14. The van der Waals surface area contributed by atoms with Gasteiger partial charge in [-0.15, -0.1) is 6.42 Å². The number of nitrogens with one attached hydrogen (secondary N) is 2. The van der Waals surface area contributed by atoms with E-state index < -0.39 is 12.3 Å². The molecule has 0 saturated carbocycles. The van der Waals surface area contributed by atoms with E-state index in [1.54, 1.807) is 18.3 Å². The number of fused-ring (bicyclic) bond motifs is 1. The van der Waals surface area contributed by atoms with Crippen LogP contribution in [0, 0.1) is 12.3 Å². The SMILES string of the molecule is C#C/C=C\CCc1nc(CN(C)C2CCCc3cccnc32)c(C(O)C(F)(F)F)n1CNCC.CCNC. The number of halogens is 3. The maximum absolute atomic E-state index is 13.7. The zero-order valence-electron chi connectivity index (χ0n) is 22.9. The average molecular weight is 535 g/mol. The Morgan fingerprint density at radius 3 is 2.71 bits per heavy atom. The van der Waals surface area contributed by atoms with Gasteiger partial charge < -0.3 is 15.0 Å². The molecule has 2 heterocycles. The summed E-state index contributed by atoms with van der Waals surface area (Å²) in [4.78, 5) is 11.1. The number of alkyl halides is 3. The second kappa shape index (κ2) is 15.6. The topological polar surface area (TPSA) is 78.2 Å². The van der Waals surface area contributed by atoms with Crippen LogP contribution in [0.4, 0.5) is 13.2 Å². The Bertz CT molecular complexity index is 1060. The van der Waals surface area contributed by atoms with Crippen LogP contribution >= 0.6 is 0 Å². The molecule has 0 radical (unpaired) electrons. The fourth-order valence-electron chi connectivity index (χ4n) is 4.46. The Hall–Kier alpha value is -2.71. The molecule has 3 N–H and O–H groups in total. The van der Waals surface area contributed by atoms with Crippen molar-refractivity contribution in [2.45, 2.75) is 77.5 Å². The van der Waals surface area contributed by atoms with Crippen molar-refractivity contribution in [2.24, 2.45) is 0 Å². The maximum Gasteiger partial charge on any atom is 0.420 e. The predicted molar refractivity (Wildman–Crippen MR) is 144 cm³/mol. The summed E-state index contributed by atoms with van der Waals surface area (Å²) in [6.45, 7) is 5.86. The Labute approximate surface area is 224 Å². The van der Waals surface area contributed by atoms with Gasteiger partial charge in [-0.05, 0) is 70.6 Å². The molecule has 0 amide bonds. The largest absolute Gasteiger partial charge is 0.420 e. The van der Waals surface area contributed by atoms with Crippen molar-refractivity contribution in [1.29, 1.82) is 0 Å². The van der Waals surface area contributed by atoms with Crippen LogP contribution in [-0.4, -0.2) is 57.9 Å². The van der Waals surface area contributed by atoms with E-state index >= 15 is 0 Å². The van der Waals surface area contributed by atoms with Crippen LogP contribution in [0.25, 0.3) is 0 Å². The summed E-state index contributed by atoms with van der Waals surface area (Å²) < 4.78 is 42.6. The van der Waals surface area contributed by atoms with Gasteiger partial charge in [0.2, 0.25) is 0 Å². The molecular weight excluding hydrogens is 493 g/mol. The van der Waals surface area contributed by atoms with Crippen molar-refractivity contribution in [3.8, 4) is 12.3 Å². The Kier molecular flexibility index (Phi) is 13.0. The van der Waals surface area contributed by atoms with E-state index in [4.69, 9.17) is 6.42 Å². The number of hydrogen-bond acceptors (Lipinski definition) is 6. The summed E-state index contributed by atoms with van der Waals surface area (Å²) in [6, 6.07) is 3.93. The molecule has 10 heteroatoms. The first kappa shape index (κ1) is 31.5. The molecule has 1 aliphatic carbocycles. The number of aryl methyl sites for hydroxylation is 2. The highest BCUT2D eigenvalue weighted by Crippen LogP contribution is 2.37. The van der Waals surface area contributed by atoms with Gasteiger partial charge in [0, 0.05) is 19.2 Å². The van der Waals surface area contributed by atoms with Crippen LogP contribution in [0.15, 0.2) is 30.5 Å². The number of aromatic nitrogens is 3. The lowest BCUT2D eigenvalue weighted by atomic mass is 9.91. The van der Waals surface area contributed by atoms with Crippen LogP contribution < -0.4 is 10.6 Å². The van der Waals surface area contributed by atoms with Crippen molar-refractivity contribution in [3.05, 3.63) is 59.0 Å². The van der Waals surface area contributed by atoms with Crippen LogP contribution in [0.1, 0.15) is 73.7 Å². The molecule has 2 aromatic heterocycles. The summed E-state index contributed by atoms with van der Waals surface area (Å²) in [5, 5.41) is 16.3. The predicted octanol–water partition coefficient (Wildman–Crippen LogP) is 4.30. The van der Waals surface area contributed by atoms with Crippen molar-refractivity contribution < 1.29 is 18.3 Å². The number of aliphatic hydroxyl groups excluding tert-OH is 1. The summed E-state index contributed by atoms with van der Waals surface area (Å²) in [5.74, 6) is 2.88. The van der Waals surface area contributed by atoms with Crippen LogP contribution in [0.5, 0.6) is 0 Å². The highest BCUT2D eigenvalue weighted by molar-refractivity contribution is 5.27. The zero-order chi connectivity index (χ0) is 28.1. The van der Waals surface area contributed by atoms with E-state index in [9.17, 15) is 18.3 Å². The molecule has 38 heavy (non-hydrogen) atoms. The number of nitrogens with zero attached hydrogens (tertiary/aromatic N) is 4. The fraction of sp³-hybridized carbons (Fsp3) is 0.571. The van der Waals surface area contributed by atoms with Crippen molar-refractivity contribution in [2.75, 3.05) is 27.2 Å². The van der Waals surface area contributed by atoms with E-state index in [-0.39, 0.29) is 30.6 Å². The fourth-order valence-corrected chi connectivity index (χ4v) is 4.46. The third-order valence-corrected chi connectivity index (χ3v) is 6.45. The number of allylic oxidation sites excluding steroid dienone is 2. The monoisotopic (exact) mass is 534 g/mol. The van der Waals surface area contributed by atoms with Gasteiger partial charge in [0.15, 0.2) is 6.10 Å². The van der Waals surface area contributed by atoms with Gasteiger partial charge in [0.05, 0.1) is 29.8 Å². The van der Waals surface area contributed by atoms with Gasteiger partial charge in [-0.2, -0.15) is 13.2 Å². The van der Waals surface area contributed by atoms with Crippen LogP contribution in [0.2, 0.25) is 0 Å². The number of imidazole rings is 1. The molecule has 0 fully saturated rings. The molecule has 2 unspecified atom stereocenters. The lowest BCUT2D eigenvalue weighted by molar-refractivity contribution is -0.209. The molecule has 0 saturated heterocycles. The Morgan fingerprint density at radius 1 is 1.34 bits per heavy atom. The van der Waals surface area contributed by atoms with Gasteiger partial charge in [0.1, 0.15) is 5.82 Å². The molecule has 2 atom stereocenters. The van der Waals surface area contributed by atoms with Crippen molar-refractivity contribution in [1.82, 2.24) is 30.1 Å². The highest BCUT2D eigenvalue weighted by atomic mass is 19.4. The first-order valence-corrected chi connectivity index (χ1v) is 13.1. The standard InChI is InChI=1S/C25H32F3N5O.C3H9N/c1-4-6-7-8-14-21-31-19(23(24(34)25(26,27)28)33(21)17-29-5-2)16-32(3)20-13-9-11-18-12-10-15-30-22(18)20;1-3-4-2/h1,6-7,10,12,15,20,24,29,34H,5,8-9,11,13-14,16-17H2,2-3H3;4H,3H2,1-2H3/b7-6-;. The Morgan fingerprint density at radius 2 is 2.08 bits per heavy atom. The number of pyridine rings is 1. The van der Waals surface area contributed by atoms with Crippen molar-refractivity contribution in [3.63, 3.8) is 0 Å². The zero-order valence-corrected chi connectivity index (χ0v) is 22.9. The van der Waals surface area contributed by atoms with Crippen LogP contribution in [-0.2, 0) is 26.1 Å². The van der Waals surface area contributed by atoms with Crippen molar-refractivity contribution >= 4 is 0 Å². The minimum absolute atomic E-state index is 0.0261. The number of terminal acetylenes is 1. The third-order valence-electron chi connectivity index (χ3n) is 6.45. The van der Waals surface area contributed by atoms with E-state index in [2.05, 4.69) is 33.4 Å². The minimum Gasteiger partial charge on any atom is -0.378 e. The second-order valence-electron chi connectivity index (χ2n) is 9.18. The molecule has 0 bridgehead atoms. The molecule has 3 rings (SSSR count). The molecule has 7 nitrogen and oxygen atoms in total. The summed E-state index contributed by atoms with van der Waals surface area (Å²) in [7, 11) is 3.80. The van der Waals surface area contributed by atoms with Gasteiger partial charge in [-0.25, -0.2) is 4.98 Å².